The summed E-state index contributed by atoms with van der Waals surface area (Å²) in [6, 6.07) is -0.220. The molecule has 2 N–H and O–H groups in total. The van der Waals surface area contributed by atoms with E-state index in [0.29, 0.717) is 19.5 Å². The van der Waals surface area contributed by atoms with Gasteiger partial charge in [0, 0.05) is 31.7 Å². The summed E-state index contributed by atoms with van der Waals surface area (Å²) in [5.74, 6) is 0.474. The van der Waals surface area contributed by atoms with Gasteiger partial charge in [-0.3, -0.25) is 4.90 Å². The number of rotatable bonds is 6. The van der Waals surface area contributed by atoms with Crippen molar-refractivity contribution in [2.75, 3.05) is 50.9 Å². The average molecular weight is 347 g/mol. The van der Waals surface area contributed by atoms with Crippen molar-refractivity contribution in [3.05, 3.63) is 0 Å². The Kier molecular flexibility index (Phi) is 6.27. The topological polar surface area (TPSA) is 87.7 Å². The van der Waals surface area contributed by atoms with Crippen molar-refractivity contribution in [3.8, 4) is 0 Å². The molecule has 2 fully saturated rings. The Balaban J connectivity index is 1.74. The lowest BCUT2D eigenvalue weighted by Gasteiger charge is -2.43. The molecule has 2 aliphatic rings. The van der Waals surface area contributed by atoms with E-state index in [9.17, 15) is 13.2 Å². The van der Waals surface area contributed by atoms with E-state index in [1.165, 1.54) is 0 Å². The normalized spacial score (nSPS) is 27.3. The van der Waals surface area contributed by atoms with Gasteiger partial charge in [-0.05, 0) is 25.7 Å². The summed E-state index contributed by atoms with van der Waals surface area (Å²) >= 11 is 0. The number of amides is 2. The van der Waals surface area contributed by atoms with Gasteiger partial charge in [-0.2, -0.15) is 0 Å². The SMILES string of the molecule is CC[C@](C)(CNC(=O)NC[C@@H]1CCS(=O)(=O)C1)N1CCOCC1. The Hall–Kier alpha value is -0.860. The Morgan fingerprint density at radius 1 is 1.30 bits per heavy atom. The molecule has 0 bridgehead atoms. The van der Waals surface area contributed by atoms with Crippen LogP contribution in [-0.4, -0.2) is 75.8 Å². The lowest BCUT2D eigenvalue weighted by molar-refractivity contribution is -0.0165. The Morgan fingerprint density at radius 2 is 2.00 bits per heavy atom. The number of sulfone groups is 1. The Bertz CT molecular complexity index is 505. The van der Waals surface area contributed by atoms with Crippen LogP contribution < -0.4 is 10.6 Å². The minimum absolute atomic E-state index is 0.0440. The summed E-state index contributed by atoms with van der Waals surface area (Å²) in [6.07, 6.45) is 1.58. The third kappa shape index (κ3) is 5.32. The molecule has 2 heterocycles. The maximum absolute atomic E-state index is 12.0. The second kappa shape index (κ2) is 7.81. The third-order valence-corrected chi connectivity index (χ3v) is 6.88. The highest BCUT2D eigenvalue weighted by Gasteiger charge is 2.32. The summed E-state index contributed by atoms with van der Waals surface area (Å²) in [5, 5.41) is 5.74. The first kappa shape index (κ1) is 18.5. The first-order chi connectivity index (χ1) is 10.8. The van der Waals surface area contributed by atoms with Crippen LogP contribution in [0.5, 0.6) is 0 Å². The van der Waals surface area contributed by atoms with Crippen molar-refractivity contribution >= 4 is 15.9 Å². The molecule has 23 heavy (non-hydrogen) atoms. The molecule has 134 valence electrons. The predicted molar refractivity (Wildman–Crippen MR) is 89.3 cm³/mol. The lowest BCUT2D eigenvalue weighted by atomic mass is 9.95. The summed E-state index contributed by atoms with van der Waals surface area (Å²) in [7, 11) is -2.89. The highest BCUT2D eigenvalue weighted by molar-refractivity contribution is 7.91. The summed E-state index contributed by atoms with van der Waals surface area (Å²) in [5.41, 5.74) is -0.0855. The van der Waals surface area contributed by atoms with Gasteiger partial charge >= 0.3 is 6.03 Å². The van der Waals surface area contributed by atoms with Crippen LogP contribution in [0.2, 0.25) is 0 Å². The fourth-order valence-corrected chi connectivity index (χ4v) is 5.03. The molecular weight excluding hydrogens is 318 g/mol. The summed E-state index contributed by atoms with van der Waals surface area (Å²) in [6.45, 7) is 8.50. The van der Waals surface area contributed by atoms with Gasteiger partial charge in [0.1, 0.15) is 0 Å². The van der Waals surface area contributed by atoms with Crippen LogP contribution in [0.4, 0.5) is 4.79 Å². The van der Waals surface area contributed by atoms with E-state index in [1.807, 2.05) is 0 Å². The average Bonchev–Trinajstić information content (AvgIpc) is 2.90. The van der Waals surface area contributed by atoms with E-state index in [2.05, 4.69) is 29.4 Å². The first-order valence-electron chi connectivity index (χ1n) is 8.39. The van der Waals surface area contributed by atoms with Gasteiger partial charge in [0.05, 0.1) is 24.7 Å². The number of hydrogen-bond acceptors (Lipinski definition) is 5. The van der Waals surface area contributed by atoms with Crippen LogP contribution in [0.25, 0.3) is 0 Å². The highest BCUT2D eigenvalue weighted by atomic mass is 32.2. The molecule has 0 aromatic carbocycles. The van der Waals surface area contributed by atoms with Crippen molar-refractivity contribution in [1.29, 1.82) is 0 Å². The molecule has 0 unspecified atom stereocenters. The van der Waals surface area contributed by atoms with Crippen molar-refractivity contribution in [2.24, 2.45) is 5.92 Å². The number of urea groups is 1. The van der Waals surface area contributed by atoms with Gasteiger partial charge < -0.3 is 15.4 Å². The van der Waals surface area contributed by atoms with Crippen LogP contribution in [0.1, 0.15) is 26.7 Å². The van der Waals surface area contributed by atoms with E-state index < -0.39 is 9.84 Å². The molecule has 2 rings (SSSR count). The lowest BCUT2D eigenvalue weighted by Crippen LogP contribution is -2.57. The van der Waals surface area contributed by atoms with Crippen LogP contribution >= 0.6 is 0 Å². The maximum Gasteiger partial charge on any atom is 0.314 e. The fourth-order valence-electron chi connectivity index (χ4n) is 3.17. The number of nitrogens with zero attached hydrogens (tertiary/aromatic N) is 1. The third-order valence-electron chi connectivity index (χ3n) is 5.04. The van der Waals surface area contributed by atoms with Gasteiger partial charge in [-0.1, -0.05) is 6.92 Å². The van der Waals surface area contributed by atoms with Crippen LogP contribution in [-0.2, 0) is 14.6 Å². The summed E-state index contributed by atoms with van der Waals surface area (Å²) in [4.78, 5) is 14.4. The molecule has 2 amide bonds. The van der Waals surface area contributed by atoms with Crippen molar-refractivity contribution in [2.45, 2.75) is 32.2 Å². The zero-order chi connectivity index (χ0) is 16.9. The number of ether oxygens (including phenoxy) is 1. The minimum atomic E-state index is -2.89. The molecule has 0 radical (unpaired) electrons. The monoisotopic (exact) mass is 347 g/mol. The molecule has 2 aliphatic heterocycles. The Morgan fingerprint density at radius 3 is 2.57 bits per heavy atom. The zero-order valence-electron chi connectivity index (χ0n) is 14.1. The van der Waals surface area contributed by atoms with Gasteiger partial charge in [0.15, 0.2) is 9.84 Å². The molecule has 0 aromatic rings. The molecule has 0 aliphatic carbocycles. The molecule has 0 spiro atoms. The van der Waals surface area contributed by atoms with E-state index >= 15 is 0 Å². The van der Waals surface area contributed by atoms with Crippen molar-refractivity contribution < 1.29 is 17.9 Å². The van der Waals surface area contributed by atoms with Crippen molar-refractivity contribution in [3.63, 3.8) is 0 Å². The molecule has 2 atom stereocenters. The largest absolute Gasteiger partial charge is 0.379 e. The predicted octanol–water partition coefficient (Wildman–Crippen LogP) is 0.221. The van der Waals surface area contributed by atoms with Crippen LogP contribution in [0, 0.1) is 5.92 Å². The standard InChI is InChI=1S/C15H29N3O4S/c1-3-15(2,18-5-7-22-8-6-18)12-17-14(19)16-10-13-4-9-23(20,21)11-13/h13H,3-12H2,1-2H3,(H2,16,17,19)/t13-,15+/m0/s1. The second-order valence-corrected chi connectivity index (χ2v) is 9.01. The molecule has 8 heteroatoms. The van der Waals surface area contributed by atoms with E-state index in [-0.39, 0.29) is 29.0 Å². The molecule has 7 nitrogen and oxygen atoms in total. The van der Waals surface area contributed by atoms with Gasteiger partial charge in [-0.25, -0.2) is 13.2 Å². The first-order valence-corrected chi connectivity index (χ1v) is 10.2. The van der Waals surface area contributed by atoms with Gasteiger partial charge in [0.25, 0.3) is 0 Å². The smallest absolute Gasteiger partial charge is 0.314 e. The quantitative estimate of drug-likeness (QED) is 0.718. The second-order valence-electron chi connectivity index (χ2n) is 6.78. The fraction of sp³-hybridized carbons (Fsp3) is 0.933. The van der Waals surface area contributed by atoms with Gasteiger partial charge in [0.2, 0.25) is 0 Å². The summed E-state index contributed by atoms with van der Waals surface area (Å²) < 4.78 is 28.2. The zero-order valence-corrected chi connectivity index (χ0v) is 15.0. The van der Waals surface area contributed by atoms with Gasteiger partial charge in [-0.15, -0.1) is 0 Å². The highest BCUT2D eigenvalue weighted by Crippen LogP contribution is 2.20. The molecule has 0 aromatic heterocycles. The van der Waals surface area contributed by atoms with Crippen LogP contribution in [0.15, 0.2) is 0 Å². The number of carbonyl (C=O) groups is 1. The van der Waals surface area contributed by atoms with E-state index in [1.54, 1.807) is 0 Å². The molecule has 0 saturated carbocycles. The number of morpholine rings is 1. The number of nitrogens with one attached hydrogen (secondary N) is 2. The minimum Gasteiger partial charge on any atom is -0.379 e. The van der Waals surface area contributed by atoms with Crippen molar-refractivity contribution in [1.82, 2.24) is 15.5 Å². The van der Waals surface area contributed by atoms with Crippen LogP contribution in [0.3, 0.4) is 0 Å². The Labute approximate surface area is 139 Å². The molecule has 2 saturated heterocycles. The number of carbonyl (C=O) groups excluding carboxylic acids is 1. The maximum atomic E-state index is 12.0. The molecular formula is C15H29N3O4S. The van der Waals surface area contributed by atoms with E-state index in [0.717, 1.165) is 32.7 Å². The van der Waals surface area contributed by atoms with E-state index in [4.69, 9.17) is 4.74 Å². The number of hydrogen-bond donors (Lipinski definition) is 2.